The molecule has 30 heavy (non-hydrogen) atoms. The molecule has 5 heteroatoms. The van der Waals surface area contributed by atoms with Crippen molar-refractivity contribution in [2.24, 2.45) is 11.8 Å². The van der Waals surface area contributed by atoms with E-state index in [-0.39, 0.29) is 23.6 Å². The number of hydrogen-bond acceptors (Lipinski definition) is 3. The molecule has 2 heterocycles. The zero-order chi connectivity index (χ0) is 21.3. The molecule has 2 aliphatic heterocycles. The standard InChI is InChI=1S/C25H30N2O3/c1-17(2)15-18-3-5-20(6-4-18)25(30)27-14-11-21-16-26(13-12-23(21)27)24(29)19-7-9-22(28)10-8-19/h3-10,17,21,23,28H,11-16H2,1-2H3/t21-,23-/m0/s1. The number of likely N-dealkylation sites (tertiary alicyclic amines) is 2. The van der Waals surface area contributed by atoms with E-state index in [2.05, 4.69) is 26.0 Å². The van der Waals surface area contributed by atoms with Gasteiger partial charge in [0.1, 0.15) is 5.75 Å². The zero-order valence-corrected chi connectivity index (χ0v) is 17.8. The smallest absolute Gasteiger partial charge is 0.254 e. The van der Waals surface area contributed by atoms with Crippen molar-refractivity contribution in [2.75, 3.05) is 19.6 Å². The molecule has 2 fully saturated rings. The van der Waals surface area contributed by atoms with Gasteiger partial charge in [0, 0.05) is 36.8 Å². The maximum atomic E-state index is 13.1. The van der Waals surface area contributed by atoms with Crippen molar-refractivity contribution >= 4 is 11.8 Å². The molecule has 0 aliphatic carbocycles. The second kappa shape index (κ2) is 8.50. The van der Waals surface area contributed by atoms with Crippen LogP contribution in [0.2, 0.25) is 0 Å². The van der Waals surface area contributed by atoms with Crippen molar-refractivity contribution < 1.29 is 14.7 Å². The van der Waals surface area contributed by atoms with E-state index in [1.165, 1.54) is 5.56 Å². The Morgan fingerprint density at radius 1 is 0.933 bits per heavy atom. The van der Waals surface area contributed by atoms with Gasteiger partial charge < -0.3 is 14.9 Å². The third-order valence-corrected chi connectivity index (χ3v) is 6.34. The van der Waals surface area contributed by atoms with E-state index < -0.39 is 0 Å². The van der Waals surface area contributed by atoms with E-state index in [1.54, 1.807) is 24.3 Å². The number of amides is 2. The van der Waals surface area contributed by atoms with Gasteiger partial charge in [0.15, 0.2) is 0 Å². The highest BCUT2D eigenvalue weighted by Crippen LogP contribution is 2.33. The van der Waals surface area contributed by atoms with Gasteiger partial charge in [-0.05, 0) is 73.1 Å². The lowest BCUT2D eigenvalue weighted by atomic mass is 9.92. The molecule has 2 amide bonds. The van der Waals surface area contributed by atoms with E-state index in [0.717, 1.165) is 31.4 Å². The Kier molecular flexibility index (Phi) is 5.80. The minimum Gasteiger partial charge on any atom is -0.508 e. The quantitative estimate of drug-likeness (QED) is 0.836. The minimum atomic E-state index is -0.000956. The molecule has 5 nitrogen and oxygen atoms in total. The summed E-state index contributed by atoms with van der Waals surface area (Å²) in [6, 6.07) is 14.7. The molecule has 0 unspecified atom stereocenters. The zero-order valence-electron chi connectivity index (χ0n) is 17.8. The molecule has 1 N–H and O–H groups in total. The summed E-state index contributed by atoms with van der Waals surface area (Å²) in [6.45, 7) is 6.48. The molecular weight excluding hydrogens is 376 g/mol. The normalized spacial score (nSPS) is 21.0. The summed E-state index contributed by atoms with van der Waals surface area (Å²) in [7, 11) is 0. The van der Waals surface area contributed by atoms with Crippen LogP contribution in [0.15, 0.2) is 48.5 Å². The number of aromatic hydroxyl groups is 1. The van der Waals surface area contributed by atoms with Crippen LogP contribution in [0.1, 0.15) is 53.0 Å². The summed E-state index contributed by atoms with van der Waals surface area (Å²) in [5.41, 5.74) is 2.62. The molecule has 2 aromatic carbocycles. The average molecular weight is 407 g/mol. The first-order chi connectivity index (χ1) is 14.4. The Morgan fingerprint density at radius 3 is 2.23 bits per heavy atom. The van der Waals surface area contributed by atoms with E-state index in [4.69, 9.17) is 0 Å². The number of hydrogen-bond donors (Lipinski definition) is 1. The number of carbonyl (C=O) groups excluding carboxylic acids is 2. The highest BCUT2D eigenvalue weighted by Gasteiger charge is 2.41. The molecular formula is C25H30N2O3. The number of carbonyl (C=O) groups is 2. The first kappa shape index (κ1) is 20.5. The van der Waals surface area contributed by atoms with Crippen molar-refractivity contribution in [3.63, 3.8) is 0 Å². The Morgan fingerprint density at radius 2 is 1.57 bits per heavy atom. The number of phenolic OH excluding ortho intramolecular Hbond substituents is 1. The monoisotopic (exact) mass is 406 g/mol. The van der Waals surface area contributed by atoms with Gasteiger partial charge in [0.05, 0.1) is 0 Å². The molecule has 0 saturated carbocycles. The third-order valence-electron chi connectivity index (χ3n) is 6.34. The maximum Gasteiger partial charge on any atom is 0.254 e. The van der Waals surface area contributed by atoms with E-state index in [0.29, 0.717) is 30.5 Å². The molecule has 0 radical (unpaired) electrons. The van der Waals surface area contributed by atoms with Crippen LogP contribution in [0, 0.1) is 11.8 Å². The summed E-state index contributed by atoms with van der Waals surface area (Å²) < 4.78 is 0. The summed E-state index contributed by atoms with van der Waals surface area (Å²) in [5.74, 6) is 1.19. The van der Waals surface area contributed by atoms with Gasteiger partial charge in [-0.1, -0.05) is 26.0 Å². The summed E-state index contributed by atoms with van der Waals surface area (Å²) >= 11 is 0. The van der Waals surface area contributed by atoms with Gasteiger partial charge in [-0.2, -0.15) is 0 Å². The molecule has 2 aromatic rings. The lowest BCUT2D eigenvalue weighted by molar-refractivity contribution is 0.0538. The van der Waals surface area contributed by atoms with Crippen molar-refractivity contribution in [1.82, 2.24) is 9.80 Å². The van der Waals surface area contributed by atoms with Crippen LogP contribution in [0.3, 0.4) is 0 Å². The van der Waals surface area contributed by atoms with Crippen molar-refractivity contribution in [3.05, 3.63) is 65.2 Å². The first-order valence-electron chi connectivity index (χ1n) is 10.9. The Bertz CT molecular complexity index is 905. The van der Waals surface area contributed by atoms with Crippen LogP contribution in [0.5, 0.6) is 5.75 Å². The van der Waals surface area contributed by atoms with Crippen LogP contribution in [-0.4, -0.2) is 52.4 Å². The van der Waals surface area contributed by atoms with Crippen LogP contribution in [0.4, 0.5) is 0 Å². The predicted molar refractivity (Wildman–Crippen MR) is 117 cm³/mol. The van der Waals surface area contributed by atoms with Gasteiger partial charge in [-0.15, -0.1) is 0 Å². The van der Waals surface area contributed by atoms with Gasteiger partial charge >= 0.3 is 0 Å². The Hall–Kier alpha value is -2.82. The minimum absolute atomic E-state index is 0.000956. The average Bonchev–Trinajstić information content (AvgIpc) is 3.16. The van der Waals surface area contributed by atoms with E-state index in [1.807, 2.05) is 21.9 Å². The van der Waals surface area contributed by atoms with Gasteiger partial charge in [0.2, 0.25) is 0 Å². The highest BCUT2D eigenvalue weighted by atomic mass is 16.3. The molecule has 0 spiro atoms. The fourth-order valence-corrected chi connectivity index (χ4v) is 4.83. The molecule has 158 valence electrons. The molecule has 0 bridgehead atoms. The molecule has 2 atom stereocenters. The highest BCUT2D eigenvalue weighted by molar-refractivity contribution is 5.95. The molecule has 0 aromatic heterocycles. The van der Waals surface area contributed by atoms with Gasteiger partial charge in [-0.3, -0.25) is 9.59 Å². The maximum absolute atomic E-state index is 13.1. The van der Waals surface area contributed by atoms with E-state index >= 15 is 0 Å². The lowest BCUT2D eigenvalue weighted by Crippen LogP contribution is -2.49. The Labute approximate surface area is 178 Å². The van der Waals surface area contributed by atoms with Crippen LogP contribution in [-0.2, 0) is 6.42 Å². The molecule has 4 rings (SSSR count). The predicted octanol–water partition coefficient (Wildman–Crippen LogP) is 3.97. The SMILES string of the molecule is CC(C)Cc1ccc(C(=O)N2CC[C@H]3CN(C(=O)c4ccc(O)cc4)CC[C@@H]32)cc1. The van der Waals surface area contributed by atoms with Crippen molar-refractivity contribution in [1.29, 1.82) is 0 Å². The van der Waals surface area contributed by atoms with Crippen LogP contribution >= 0.6 is 0 Å². The first-order valence-corrected chi connectivity index (χ1v) is 10.9. The van der Waals surface area contributed by atoms with Crippen LogP contribution in [0.25, 0.3) is 0 Å². The largest absolute Gasteiger partial charge is 0.508 e. The fraction of sp³-hybridized carbons (Fsp3) is 0.440. The number of benzene rings is 2. The second-order valence-corrected chi connectivity index (χ2v) is 9.00. The fourth-order valence-electron chi connectivity index (χ4n) is 4.83. The van der Waals surface area contributed by atoms with Crippen molar-refractivity contribution in [2.45, 2.75) is 39.2 Å². The lowest BCUT2D eigenvalue weighted by Gasteiger charge is -2.38. The van der Waals surface area contributed by atoms with Crippen LogP contribution < -0.4 is 0 Å². The summed E-state index contributed by atoms with van der Waals surface area (Å²) in [4.78, 5) is 29.8. The number of nitrogens with zero attached hydrogens (tertiary/aromatic N) is 2. The second-order valence-electron chi connectivity index (χ2n) is 9.00. The number of phenols is 1. The third kappa shape index (κ3) is 4.20. The molecule has 2 saturated heterocycles. The summed E-state index contributed by atoms with van der Waals surface area (Å²) in [5, 5.41) is 9.44. The summed E-state index contributed by atoms with van der Waals surface area (Å²) in [6.07, 6.45) is 2.76. The van der Waals surface area contributed by atoms with Gasteiger partial charge in [0.25, 0.3) is 11.8 Å². The van der Waals surface area contributed by atoms with Crippen molar-refractivity contribution in [3.8, 4) is 5.75 Å². The van der Waals surface area contributed by atoms with E-state index in [9.17, 15) is 14.7 Å². The number of piperidine rings is 1. The molecule has 2 aliphatic rings. The Balaban J connectivity index is 1.40. The number of rotatable bonds is 4. The topological polar surface area (TPSA) is 60.9 Å². The van der Waals surface area contributed by atoms with Gasteiger partial charge in [-0.25, -0.2) is 0 Å². The number of fused-ring (bicyclic) bond motifs is 1.